The summed E-state index contributed by atoms with van der Waals surface area (Å²) >= 11 is 5.84. The summed E-state index contributed by atoms with van der Waals surface area (Å²) < 4.78 is 5.19. The third kappa shape index (κ3) is 3.29. The molecule has 2 aromatic carbocycles. The molecule has 4 nitrogen and oxygen atoms in total. The van der Waals surface area contributed by atoms with E-state index in [0.717, 1.165) is 11.1 Å². The van der Waals surface area contributed by atoms with Crippen LogP contribution in [0.2, 0.25) is 5.02 Å². The molecule has 1 heterocycles. The highest BCUT2D eigenvalue weighted by Gasteiger charge is 2.14. The number of hydrogen-bond acceptors (Lipinski definition) is 4. The number of aliphatic hydroxyl groups excluding tert-OH is 1. The van der Waals surface area contributed by atoms with Crippen molar-refractivity contribution in [3.05, 3.63) is 71.1 Å². The van der Waals surface area contributed by atoms with E-state index in [1.54, 1.807) is 12.1 Å². The lowest BCUT2D eigenvalue weighted by Gasteiger charge is -2.07. The van der Waals surface area contributed by atoms with Gasteiger partial charge in [-0.1, -0.05) is 47.1 Å². The molecule has 1 unspecified atom stereocenters. The van der Waals surface area contributed by atoms with Crippen LogP contribution >= 0.6 is 11.6 Å². The monoisotopic (exact) mass is 300 g/mol. The number of benzene rings is 2. The molecule has 5 heteroatoms. The molecule has 0 fully saturated rings. The average molecular weight is 301 g/mol. The number of nitrogens with zero attached hydrogens (tertiary/aromatic N) is 2. The van der Waals surface area contributed by atoms with Crippen molar-refractivity contribution in [3.63, 3.8) is 0 Å². The zero-order valence-corrected chi connectivity index (χ0v) is 11.9. The molecule has 0 aliphatic carbocycles. The van der Waals surface area contributed by atoms with Gasteiger partial charge in [-0.15, -0.1) is 0 Å². The van der Waals surface area contributed by atoms with Crippen LogP contribution in [0.15, 0.2) is 59.1 Å². The van der Waals surface area contributed by atoms with Crippen molar-refractivity contribution < 1.29 is 9.63 Å². The zero-order chi connectivity index (χ0) is 14.7. The Hall–Kier alpha value is -2.17. The fourth-order valence-corrected chi connectivity index (χ4v) is 2.14. The Morgan fingerprint density at radius 2 is 1.76 bits per heavy atom. The van der Waals surface area contributed by atoms with Gasteiger partial charge < -0.3 is 9.63 Å². The topological polar surface area (TPSA) is 59.2 Å². The third-order valence-corrected chi connectivity index (χ3v) is 3.37. The van der Waals surface area contributed by atoms with Gasteiger partial charge >= 0.3 is 0 Å². The second-order valence-corrected chi connectivity index (χ2v) is 5.09. The Labute approximate surface area is 127 Å². The van der Waals surface area contributed by atoms with Gasteiger partial charge in [0.1, 0.15) is 0 Å². The summed E-state index contributed by atoms with van der Waals surface area (Å²) in [5.41, 5.74) is 1.65. The Balaban J connectivity index is 1.75. The van der Waals surface area contributed by atoms with Gasteiger partial charge in [-0.05, 0) is 29.8 Å². The van der Waals surface area contributed by atoms with E-state index in [9.17, 15) is 5.11 Å². The Kier molecular flexibility index (Phi) is 3.99. The minimum atomic E-state index is -0.662. The van der Waals surface area contributed by atoms with Crippen molar-refractivity contribution in [2.75, 3.05) is 0 Å². The predicted molar refractivity (Wildman–Crippen MR) is 79.8 cm³/mol. The normalized spacial score (nSPS) is 12.3. The van der Waals surface area contributed by atoms with Crippen LogP contribution in [0.1, 0.15) is 17.6 Å². The molecule has 0 amide bonds. The first-order valence-electron chi connectivity index (χ1n) is 6.54. The lowest BCUT2D eigenvalue weighted by atomic mass is 10.1. The summed E-state index contributed by atoms with van der Waals surface area (Å²) in [5, 5.41) is 14.7. The van der Waals surface area contributed by atoms with Crippen molar-refractivity contribution >= 4 is 11.6 Å². The van der Waals surface area contributed by atoms with E-state index in [4.69, 9.17) is 16.1 Å². The van der Waals surface area contributed by atoms with Crippen molar-refractivity contribution in [2.24, 2.45) is 0 Å². The molecule has 0 aliphatic rings. The van der Waals surface area contributed by atoms with Gasteiger partial charge in [-0.2, -0.15) is 4.98 Å². The SMILES string of the molecule is OC(Cc1nc(-c2ccc(Cl)cc2)no1)c1ccccc1. The molecule has 1 atom stereocenters. The lowest BCUT2D eigenvalue weighted by molar-refractivity contribution is 0.165. The van der Waals surface area contributed by atoms with Crippen molar-refractivity contribution in [2.45, 2.75) is 12.5 Å². The van der Waals surface area contributed by atoms with E-state index in [2.05, 4.69) is 10.1 Å². The second kappa shape index (κ2) is 6.08. The predicted octanol–water partition coefficient (Wildman–Crippen LogP) is 3.67. The fraction of sp³-hybridized carbons (Fsp3) is 0.125. The highest BCUT2D eigenvalue weighted by atomic mass is 35.5. The number of hydrogen-bond donors (Lipinski definition) is 1. The summed E-state index contributed by atoms with van der Waals surface area (Å²) in [6.45, 7) is 0. The van der Waals surface area contributed by atoms with Crippen LogP contribution in [0.5, 0.6) is 0 Å². The first kappa shape index (κ1) is 13.8. The highest BCUT2D eigenvalue weighted by Crippen LogP contribution is 2.21. The van der Waals surface area contributed by atoms with Gasteiger partial charge in [0, 0.05) is 10.6 Å². The lowest BCUT2D eigenvalue weighted by Crippen LogP contribution is -2.01. The minimum absolute atomic E-state index is 0.282. The fourth-order valence-electron chi connectivity index (χ4n) is 2.01. The van der Waals surface area contributed by atoms with E-state index in [1.807, 2.05) is 42.5 Å². The molecular weight excluding hydrogens is 288 g/mol. The maximum atomic E-state index is 10.1. The number of aliphatic hydroxyl groups is 1. The van der Waals surface area contributed by atoms with Crippen LogP contribution in [0.25, 0.3) is 11.4 Å². The Morgan fingerprint density at radius 3 is 2.48 bits per heavy atom. The summed E-state index contributed by atoms with van der Waals surface area (Å²) in [6, 6.07) is 16.6. The van der Waals surface area contributed by atoms with E-state index < -0.39 is 6.10 Å². The molecule has 21 heavy (non-hydrogen) atoms. The standard InChI is InChI=1S/C16H13ClN2O2/c17-13-8-6-12(7-9-13)16-18-15(21-19-16)10-14(20)11-4-2-1-3-5-11/h1-9,14,20H,10H2. The van der Waals surface area contributed by atoms with Gasteiger partial charge in [-0.25, -0.2) is 0 Å². The molecule has 0 saturated carbocycles. The summed E-state index contributed by atoms with van der Waals surface area (Å²) in [7, 11) is 0. The van der Waals surface area contributed by atoms with E-state index in [-0.39, 0.29) is 6.42 Å². The van der Waals surface area contributed by atoms with E-state index in [0.29, 0.717) is 16.7 Å². The van der Waals surface area contributed by atoms with Crippen LogP contribution in [0.4, 0.5) is 0 Å². The third-order valence-electron chi connectivity index (χ3n) is 3.12. The average Bonchev–Trinajstić information content (AvgIpc) is 2.97. The first-order valence-corrected chi connectivity index (χ1v) is 6.92. The molecule has 0 spiro atoms. The van der Waals surface area contributed by atoms with Crippen LogP contribution < -0.4 is 0 Å². The van der Waals surface area contributed by atoms with E-state index in [1.165, 1.54) is 0 Å². The maximum Gasteiger partial charge on any atom is 0.229 e. The van der Waals surface area contributed by atoms with Crippen molar-refractivity contribution in [1.29, 1.82) is 0 Å². The molecule has 106 valence electrons. The molecule has 0 bridgehead atoms. The quantitative estimate of drug-likeness (QED) is 0.798. The molecule has 3 aromatic rings. The van der Waals surface area contributed by atoms with Crippen molar-refractivity contribution in [3.8, 4) is 11.4 Å². The first-order chi connectivity index (χ1) is 10.2. The summed E-state index contributed by atoms with van der Waals surface area (Å²) in [6.07, 6.45) is -0.380. The highest BCUT2D eigenvalue weighted by molar-refractivity contribution is 6.30. The van der Waals surface area contributed by atoms with Gasteiger partial charge in [0.05, 0.1) is 12.5 Å². The van der Waals surface area contributed by atoms with Crippen LogP contribution in [0.3, 0.4) is 0 Å². The van der Waals surface area contributed by atoms with Crippen LogP contribution in [-0.4, -0.2) is 15.2 Å². The van der Waals surface area contributed by atoms with Gasteiger partial charge in [-0.3, -0.25) is 0 Å². The van der Waals surface area contributed by atoms with Gasteiger partial charge in [0.2, 0.25) is 11.7 Å². The van der Waals surface area contributed by atoms with Crippen LogP contribution in [-0.2, 0) is 6.42 Å². The van der Waals surface area contributed by atoms with Gasteiger partial charge in [0.15, 0.2) is 0 Å². The molecule has 1 aromatic heterocycles. The van der Waals surface area contributed by atoms with Crippen molar-refractivity contribution in [1.82, 2.24) is 10.1 Å². The smallest absolute Gasteiger partial charge is 0.229 e. The van der Waals surface area contributed by atoms with Crippen LogP contribution in [0, 0.1) is 0 Å². The molecule has 3 rings (SSSR count). The molecule has 0 saturated heterocycles. The molecule has 0 aliphatic heterocycles. The molecule has 1 N–H and O–H groups in total. The van der Waals surface area contributed by atoms with Gasteiger partial charge in [0.25, 0.3) is 0 Å². The molecular formula is C16H13ClN2O2. The Morgan fingerprint density at radius 1 is 1.05 bits per heavy atom. The maximum absolute atomic E-state index is 10.1. The zero-order valence-electron chi connectivity index (χ0n) is 11.1. The summed E-state index contributed by atoms with van der Waals surface area (Å²) in [4.78, 5) is 4.29. The number of aromatic nitrogens is 2. The minimum Gasteiger partial charge on any atom is -0.388 e. The largest absolute Gasteiger partial charge is 0.388 e. The number of halogens is 1. The summed E-state index contributed by atoms with van der Waals surface area (Å²) in [5.74, 6) is 0.887. The van der Waals surface area contributed by atoms with E-state index >= 15 is 0 Å². The molecule has 0 radical (unpaired) electrons. The number of rotatable bonds is 4. The second-order valence-electron chi connectivity index (χ2n) is 4.65. The Bertz CT molecular complexity index is 711.